The van der Waals surface area contributed by atoms with E-state index in [1.54, 1.807) is 17.8 Å². The maximum absolute atomic E-state index is 11.5. The molecule has 17 heavy (non-hydrogen) atoms. The van der Waals surface area contributed by atoms with Gasteiger partial charge >= 0.3 is 11.8 Å². The molecule has 90 valence electrons. The maximum Gasteiger partial charge on any atom is 0.313 e. The summed E-state index contributed by atoms with van der Waals surface area (Å²) in [7, 11) is 0. The lowest BCUT2D eigenvalue weighted by Crippen LogP contribution is -2.35. The minimum absolute atomic E-state index is 0.275. The fraction of sp³-hybridized carbons (Fsp3) is 0.167. The second-order valence-corrected chi connectivity index (χ2v) is 4.06. The quantitative estimate of drug-likeness (QED) is 0.485. The Morgan fingerprint density at radius 2 is 2.18 bits per heavy atom. The molecular weight excluding hydrogens is 236 g/mol. The fourth-order valence-electron chi connectivity index (χ4n) is 1.13. The van der Waals surface area contributed by atoms with Gasteiger partial charge in [-0.1, -0.05) is 12.1 Å². The van der Waals surface area contributed by atoms with Crippen molar-refractivity contribution in [1.29, 1.82) is 0 Å². The molecular formula is C12H14N2O2S. The summed E-state index contributed by atoms with van der Waals surface area (Å²) in [6, 6.07) is 7.29. The molecule has 1 aromatic carbocycles. The van der Waals surface area contributed by atoms with E-state index in [-0.39, 0.29) is 6.54 Å². The van der Waals surface area contributed by atoms with Crippen molar-refractivity contribution in [3.63, 3.8) is 0 Å². The lowest BCUT2D eigenvalue weighted by Gasteiger charge is -2.06. The Balaban J connectivity index is 2.60. The van der Waals surface area contributed by atoms with E-state index in [2.05, 4.69) is 17.2 Å². The fourth-order valence-corrected chi connectivity index (χ4v) is 1.59. The molecule has 2 N–H and O–H groups in total. The number of anilines is 1. The summed E-state index contributed by atoms with van der Waals surface area (Å²) in [6.07, 6.45) is 3.46. The molecule has 1 aromatic rings. The van der Waals surface area contributed by atoms with Crippen LogP contribution in [0, 0.1) is 0 Å². The van der Waals surface area contributed by atoms with Crippen molar-refractivity contribution in [3.8, 4) is 0 Å². The van der Waals surface area contributed by atoms with Crippen molar-refractivity contribution in [3.05, 3.63) is 36.9 Å². The molecule has 2 amide bonds. The predicted octanol–water partition coefficient (Wildman–Crippen LogP) is 1.65. The highest BCUT2D eigenvalue weighted by Gasteiger charge is 2.12. The summed E-state index contributed by atoms with van der Waals surface area (Å²) in [6.45, 7) is 3.72. The first-order chi connectivity index (χ1) is 8.17. The van der Waals surface area contributed by atoms with Crippen molar-refractivity contribution in [2.24, 2.45) is 0 Å². The summed E-state index contributed by atoms with van der Waals surface area (Å²) in [5.41, 5.74) is 0.607. The molecule has 4 nitrogen and oxygen atoms in total. The third-order valence-electron chi connectivity index (χ3n) is 1.94. The van der Waals surface area contributed by atoms with Gasteiger partial charge in [-0.05, 0) is 24.5 Å². The van der Waals surface area contributed by atoms with E-state index in [1.807, 2.05) is 24.5 Å². The van der Waals surface area contributed by atoms with Gasteiger partial charge in [0.05, 0.1) is 0 Å². The van der Waals surface area contributed by atoms with E-state index in [9.17, 15) is 9.59 Å². The number of rotatable bonds is 4. The first-order valence-corrected chi connectivity index (χ1v) is 6.24. The number of carbonyl (C=O) groups excluding carboxylic acids is 2. The highest BCUT2D eigenvalue weighted by molar-refractivity contribution is 7.98. The van der Waals surface area contributed by atoms with Crippen LogP contribution >= 0.6 is 11.8 Å². The zero-order chi connectivity index (χ0) is 12.7. The van der Waals surface area contributed by atoms with Crippen LogP contribution in [0.1, 0.15) is 0 Å². The van der Waals surface area contributed by atoms with Crippen LogP contribution < -0.4 is 10.6 Å². The van der Waals surface area contributed by atoms with Gasteiger partial charge in [0.2, 0.25) is 0 Å². The van der Waals surface area contributed by atoms with Crippen LogP contribution in [-0.4, -0.2) is 24.6 Å². The van der Waals surface area contributed by atoms with Crippen LogP contribution in [0.15, 0.2) is 41.8 Å². The standard InChI is InChI=1S/C12H14N2O2S/c1-3-7-13-11(15)12(16)14-9-5-4-6-10(8-9)17-2/h3-6,8H,1,7H2,2H3,(H,13,15)(H,14,16). The minimum Gasteiger partial charge on any atom is -0.344 e. The molecule has 0 atom stereocenters. The van der Waals surface area contributed by atoms with E-state index in [1.165, 1.54) is 6.08 Å². The van der Waals surface area contributed by atoms with Crippen LogP contribution in [0.3, 0.4) is 0 Å². The Morgan fingerprint density at radius 3 is 2.82 bits per heavy atom. The highest BCUT2D eigenvalue weighted by Crippen LogP contribution is 2.18. The molecule has 0 radical (unpaired) electrons. The maximum atomic E-state index is 11.5. The Labute approximate surface area is 104 Å². The number of carbonyl (C=O) groups is 2. The largest absolute Gasteiger partial charge is 0.344 e. The van der Waals surface area contributed by atoms with Gasteiger partial charge in [-0.25, -0.2) is 0 Å². The summed E-state index contributed by atoms with van der Waals surface area (Å²) in [5.74, 6) is -1.34. The van der Waals surface area contributed by atoms with E-state index in [0.717, 1.165) is 4.90 Å². The van der Waals surface area contributed by atoms with Crippen molar-refractivity contribution in [2.45, 2.75) is 4.90 Å². The minimum atomic E-state index is -0.676. The van der Waals surface area contributed by atoms with Gasteiger partial charge in [-0.15, -0.1) is 18.3 Å². The van der Waals surface area contributed by atoms with Crippen molar-refractivity contribution < 1.29 is 9.59 Å². The van der Waals surface area contributed by atoms with Crippen molar-refractivity contribution >= 4 is 29.3 Å². The average Bonchev–Trinajstić information content (AvgIpc) is 2.36. The van der Waals surface area contributed by atoms with Gasteiger partial charge in [0.15, 0.2) is 0 Å². The number of hydrogen-bond donors (Lipinski definition) is 2. The summed E-state index contributed by atoms with van der Waals surface area (Å²) in [4.78, 5) is 23.8. The third kappa shape index (κ3) is 4.32. The molecule has 5 heteroatoms. The van der Waals surface area contributed by atoms with Gasteiger partial charge in [-0.3, -0.25) is 9.59 Å². The molecule has 0 heterocycles. The summed E-state index contributed by atoms with van der Waals surface area (Å²) >= 11 is 1.57. The van der Waals surface area contributed by atoms with Crippen LogP contribution in [0.2, 0.25) is 0 Å². The van der Waals surface area contributed by atoms with E-state index in [4.69, 9.17) is 0 Å². The molecule has 0 aromatic heterocycles. The van der Waals surface area contributed by atoms with Gasteiger partial charge in [0, 0.05) is 17.1 Å². The van der Waals surface area contributed by atoms with Gasteiger partial charge in [0.1, 0.15) is 0 Å². The third-order valence-corrected chi connectivity index (χ3v) is 2.67. The highest BCUT2D eigenvalue weighted by atomic mass is 32.2. The predicted molar refractivity (Wildman–Crippen MR) is 70.1 cm³/mol. The van der Waals surface area contributed by atoms with Crippen LogP contribution in [-0.2, 0) is 9.59 Å². The Hall–Kier alpha value is -1.75. The Morgan fingerprint density at radius 1 is 1.41 bits per heavy atom. The average molecular weight is 250 g/mol. The van der Waals surface area contributed by atoms with E-state index >= 15 is 0 Å². The number of amides is 2. The molecule has 0 saturated carbocycles. The lowest BCUT2D eigenvalue weighted by atomic mass is 10.3. The lowest BCUT2D eigenvalue weighted by molar-refractivity contribution is -0.136. The Kier molecular flexibility index (Phi) is 5.29. The molecule has 0 bridgehead atoms. The number of benzene rings is 1. The van der Waals surface area contributed by atoms with E-state index in [0.29, 0.717) is 5.69 Å². The molecule has 0 spiro atoms. The number of hydrogen-bond acceptors (Lipinski definition) is 3. The van der Waals surface area contributed by atoms with Gasteiger partial charge in [-0.2, -0.15) is 0 Å². The molecule has 0 aliphatic rings. The first kappa shape index (κ1) is 13.3. The molecule has 0 fully saturated rings. The van der Waals surface area contributed by atoms with Gasteiger partial charge in [0.25, 0.3) is 0 Å². The Bertz CT molecular complexity index is 432. The topological polar surface area (TPSA) is 58.2 Å². The van der Waals surface area contributed by atoms with Gasteiger partial charge < -0.3 is 10.6 Å². The summed E-state index contributed by atoms with van der Waals surface area (Å²) < 4.78 is 0. The zero-order valence-corrected chi connectivity index (χ0v) is 10.3. The van der Waals surface area contributed by atoms with Crippen LogP contribution in [0.4, 0.5) is 5.69 Å². The van der Waals surface area contributed by atoms with Crippen LogP contribution in [0.25, 0.3) is 0 Å². The van der Waals surface area contributed by atoms with Crippen molar-refractivity contribution in [1.82, 2.24) is 5.32 Å². The molecule has 0 aliphatic heterocycles. The second-order valence-electron chi connectivity index (χ2n) is 3.18. The first-order valence-electron chi connectivity index (χ1n) is 5.01. The SMILES string of the molecule is C=CCNC(=O)C(=O)Nc1cccc(SC)c1. The molecule has 0 aliphatic carbocycles. The molecule has 0 saturated heterocycles. The van der Waals surface area contributed by atoms with Crippen LogP contribution in [0.5, 0.6) is 0 Å². The molecule has 1 rings (SSSR count). The molecule has 0 unspecified atom stereocenters. The summed E-state index contributed by atoms with van der Waals surface area (Å²) in [5, 5.41) is 4.93. The normalized spacial score (nSPS) is 9.47. The van der Waals surface area contributed by atoms with Crippen molar-refractivity contribution in [2.75, 3.05) is 18.1 Å². The second kappa shape index (κ2) is 6.75. The monoisotopic (exact) mass is 250 g/mol. The number of thioether (sulfide) groups is 1. The number of nitrogens with one attached hydrogen (secondary N) is 2. The smallest absolute Gasteiger partial charge is 0.313 e. The van der Waals surface area contributed by atoms with E-state index < -0.39 is 11.8 Å². The zero-order valence-electron chi connectivity index (χ0n) is 9.53.